The van der Waals surface area contributed by atoms with Crippen LogP contribution in [0.1, 0.15) is 19.4 Å². The molecule has 0 amide bonds. The van der Waals surface area contributed by atoms with E-state index in [1.54, 1.807) is 10.8 Å². The van der Waals surface area contributed by atoms with Gasteiger partial charge in [0, 0.05) is 25.3 Å². The summed E-state index contributed by atoms with van der Waals surface area (Å²) in [5.41, 5.74) is 2.44. The number of rotatable bonds is 8. The van der Waals surface area contributed by atoms with Crippen LogP contribution in [0.4, 0.5) is 11.6 Å². The molecule has 0 aliphatic heterocycles. The molecule has 1 aromatic heterocycles. The van der Waals surface area contributed by atoms with E-state index in [0.29, 0.717) is 19.0 Å². The van der Waals surface area contributed by atoms with E-state index in [9.17, 15) is 0 Å². The van der Waals surface area contributed by atoms with Crippen LogP contribution in [0.5, 0.6) is 0 Å². The van der Waals surface area contributed by atoms with Gasteiger partial charge in [0.25, 0.3) is 0 Å². The van der Waals surface area contributed by atoms with E-state index < -0.39 is 0 Å². The lowest BCUT2D eigenvalue weighted by molar-refractivity contribution is 0.663. The van der Waals surface area contributed by atoms with E-state index >= 15 is 0 Å². The molecule has 0 radical (unpaired) electrons. The molecule has 2 aromatic rings. The van der Waals surface area contributed by atoms with Gasteiger partial charge in [0.15, 0.2) is 0 Å². The summed E-state index contributed by atoms with van der Waals surface area (Å²) >= 11 is 0. The topological polar surface area (TPSA) is 58.9 Å². The van der Waals surface area contributed by atoms with Gasteiger partial charge in [0.2, 0.25) is 5.95 Å². The van der Waals surface area contributed by atoms with Gasteiger partial charge >= 0.3 is 0 Å². The second-order valence-electron chi connectivity index (χ2n) is 4.67. The zero-order valence-electron chi connectivity index (χ0n) is 12.7. The Labute approximate surface area is 125 Å². The van der Waals surface area contributed by atoms with E-state index in [-0.39, 0.29) is 0 Å². The summed E-state index contributed by atoms with van der Waals surface area (Å²) in [6.45, 7) is 11.3. The number of nitrogens with one attached hydrogen (secondary N) is 1. The van der Waals surface area contributed by atoms with Crippen molar-refractivity contribution in [2.24, 2.45) is 0 Å². The van der Waals surface area contributed by atoms with Crippen LogP contribution in [-0.2, 0) is 13.1 Å². The first-order valence-corrected chi connectivity index (χ1v) is 7.23. The number of hydrogen-bond acceptors (Lipinski definition) is 5. The summed E-state index contributed by atoms with van der Waals surface area (Å²) < 4.78 is 1.68. The Morgan fingerprint density at radius 2 is 1.95 bits per heavy atom. The van der Waals surface area contributed by atoms with Gasteiger partial charge in [0.1, 0.15) is 0 Å². The number of anilines is 2. The van der Waals surface area contributed by atoms with Crippen LogP contribution in [0, 0.1) is 0 Å². The van der Waals surface area contributed by atoms with Crippen molar-refractivity contribution in [1.29, 1.82) is 0 Å². The molecular formula is C15H22N6. The Kier molecular flexibility index (Phi) is 5.31. The molecule has 0 spiro atoms. The molecule has 21 heavy (non-hydrogen) atoms. The fourth-order valence-corrected chi connectivity index (χ4v) is 2.17. The predicted octanol–water partition coefficient (Wildman–Crippen LogP) is 2.32. The first-order chi connectivity index (χ1) is 10.3. The predicted molar refractivity (Wildman–Crippen MR) is 85.3 cm³/mol. The standard InChI is InChI=1S/C15H22N6/c1-4-11-21-15(17-18-19-21)16-12-13-7-9-14(10-8-13)20(5-2)6-3/h4,7-10H,1,5-6,11-12H2,2-3H3,(H,16,17,19). The Bertz CT molecular complexity index is 556. The fourth-order valence-electron chi connectivity index (χ4n) is 2.17. The number of tetrazole rings is 1. The molecule has 0 fully saturated rings. The third-order valence-corrected chi connectivity index (χ3v) is 3.35. The van der Waals surface area contributed by atoms with E-state index in [2.05, 4.69) is 70.4 Å². The summed E-state index contributed by atoms with van der Waals surface area (Å²) in [6.07, 6.45) is 1.76. The Morgan fingerprint density at radius 3 is 2.57 bits per heavy atom. The van der Waals surface area contributed by atoms with Gasteiger partial charge in [-0.05, 0) is 42.0 Å². The lowest BCUT2D eigenvalue weighted by Crippen LogP contribution is -2.21. The van der Waals surface area contributed by atoms with E-state index in [4.69, 9.17) is 0 Å². The summed E-state index contributed by atoms with van der Waals surface area (Å²) in [6, 6.07) is 8.55. The van der Waals surface area contributed by atoms with Crippen molar-refractivity contribution in [2.45, 2.75) is 26.9 Å². The van der Waals surface area contributed by atoms with Crippen LogP contribution in [0.15, 0.2) is 36.9 Å². The average molecular weight is 286 g/mol. The van der Waals surface area contributed by atoms with Gasteiger partial charge in [-0.3, -0.25) is 0 Å². The Balaban J connectivity index is 1.97. The lowest BCUT2D eigenvalue weighted by Gasteiger charge is -2.21. The number of aromatic nitrogens is 4. The molecule has 0 aliphatic rings. The average Bonchev–Trinajstić information content (AvgIpc) is 2.95. The highest BCUT2D eigenvalue weighted by atomic mass is 15.6. The zero-order chi connectivity index (χ0) is 15.1. The van der Waals surface area contributed by atoms with Crippen molar-refractivity contribution >= 4 is 11.6 Å². The van der Waals surface area contributed by atoms with Crippen LogP contribution >= 0.6 is 0 Å². The maximum atomic E-state index is 3.96. The molecule has 1 N–H and O–H groups in total. The third kappa shape index (κ3) is 3.81. The maximum Gasteiger partial charge on any atom is 0.243 e. The van der Waals surface area contributed by atoms with Crippen molar-refractivity contribution in [3.8, 4) is 0 Å². The van der Waals surface area contributed by atoms with Gasteiger partial charge in [-0.15, -0.1) is 6.58 Å². The largest absolute Gasteiger partial charge is 0.372 e. The minimum Gasteiger partial charge on any atom is -0.372 e. The van der Waals surface area contributed by atoms with E-state index in [1.807, 2.05) is 0 Å². The highest BCUT2D eigenvalue weighted by Gasteiger charge is 2.05. The molecule has 0 saturated heterocycles. The van der Waals surface area contributed by atoms with Crippen molar-refractivity contribution in [1.82, 2.24) is 20.2 Å². The zero-order valence-corrected chi connectivity index (χ0v) is 12.7. The highest BCUT2D eigenvalue weighted by Crippen LogP contribution is 2.15. The normalized spacial score (nSPS) is 10.4. The molecule has 0 bridgehead atoms. The summed E-state index contributed by atoms with van der Waals surface area (Å²) in [5.74, 6) is 0.655. The third-order valence-electron chi connectivity index (χ3n) is 3.35. The first-order valence-electron chi connectivity index (χ1n) is 7.23. The van der Waals surface area contributed by atoms with Gasteiger partial charge in [-0.25, -0.2) is 4.68 Å². The van der Waals surface area contributed by atoms with Crippen LogP contribution in [0.2, 0.25) is 0 Å². The lowest BCUT2D eigenvalue weighted by atomic mass is 10.2. The Hall–Kier alpha value is -2.37. The highest BCUT2D eigenvalue weighted by molar-refractivity contribution is 5.47. The summed E-state index contributed by atoms with van der Waals surface area (Å²) in [5, 5.41) is 14.7. The molecule has 1 heterocycles. The quantitative estimate of drug-likeness (QED) is 0.755. The van der Waals surface area contributed by atoms with E-state index in [1.165, 1.54) is 11.3 Å². The number of nitrogens with zero attached hydrogens (tertiary/aromatic N) is 5. The van der Waals surface area contributed by atoms with Crippen LogP contribution in [0.25, 0.3) is 0 Å². The summed E-state index contributed by atoms with van der Waals surface area (Å²) in [4.78, 5) is 2.32. The second-order valence-corrected chi connectivity index (χ2v) is 4.67. The molecule has 0 aliphatic carbocycles. The molecule has 2 rings (SSSR count). The van der Waals surface area contributed by atoms with Crippen LogP contribution in [-0.4, -0.2) is 33.3 Å². The van der Waals surface area contributed by atoms with Gasteiger partial charge in [-0.2, -0.15) is 0 Å². The molecule has 0 unspecified atom stereocenters. The van der Waals surface area contributed by atoms with Crippen molar-refractivity contribution in [3.63, 3.8) is 0 Å². The maximum absolute atomic E-state index is 3.96. The van der Waals surface area contributed by atoms with Crippen LogP contribution < -0.4 is 10.2 Å². The molecule has 0 atom stereocenters. The van der Waals surface area contributed by atoms with Crippen molar-refractivity contribution in [3.05, 3.63) is 42.5 Å². The SMILES string of the molecule is C=CCn1nnnc1NCc1ccc(N(CC)CC)cc1. The molecule has 6 heteroatoms. The Morgan fingerprint density at radius 1 is 1.24 bits per heavy atom. The number of benzene rings is 1. The number of hydrogen-bond donors (Lipinski definition) is 1. The monoisotopic (exact) mass is 286 g/mol. The first kappa shape index (κ1) is 15.0. The van der Waals surface area contributed by atoms with Crippen molar-refractivity contribution < 1.29 is 0 Å². The van der Waals surface area contributed by atoms with Gasteiger partial charge in [0.05, 0.1) is 6.54 Å². The molecule has 6 nitrogen and oxygen atoms in total. The van der Waals surface area contributed by atoms with Crippen molar-refractivity contribution in [2.75, 3.05) is 23.3 Å². The fraction of sp³-hybridized carbons (Fsp3) is 0.400. The molecule has 0 saturated carbocycles. The smallest absolute Gasteiger partial charge is 0.243 e. The number of allylic oxidation sites excluding steroid dienone is 1. The molecule has 1 aromatic carbocycles. The minimum atomic E-state index is 0.593. The molecular weight excluding hydrogens is 264 g/mol. The van der Waals surface area contributed by atoms with E-state index in [0.717, 1.165) is 13.1 Å². The second kappa shape index (κ2) is 7.42. The van der Waals surface area contributed by atoms with Crippen LogP contribution in [0.3, 0.4) is 0 Å². The van der Waals surface area contributed by atoms with Gasteiger partial charge in [-0.1, -0.05) is 23.3 Å². The molecule has 112 valence electrons. The van der Waals surface area contributed by atoms with Gasteiger partial charge < -0.3 is 10.2 Å². The summed E-state index contributed by atoms with van der Waals surface area (Å²) in [7, 11) is 0. The minimum absolute atomic E-state index is 0.593.